The van der Waals surface area contributed by atoms with Crippen molar-refractivity contribution in [3.8, 4) is 0 Å². The maximum Gasteiger partial charge on any atom is 0.0545 e. The zero-order chi connectivity index (χ0) is 13.6. The highest BCUT2D eigenvalue weighted by Gasteiger charge is 2.09. The standard InChI is InChI=1S/C15H24ClNS/c1-5-6-9-18-14-8-7-12(10-13(14)16)11-17-15(2,3)4/h7-8,10,17H,5-6,9,11H2,1-4H3. The Kier molecular flexibility index (Phi) is 6.54. The second kappa shape index (κ2) is 7.42. The maximum absolute atomic E-state index is 6.31. The van der Waals surface area contributed by atoms with Gasteiger partial charge in [0.15, 0.2) is 0 Å². The van der Waals surface area contributed by atoms with E-state index in [0.29, 0.717) is 0 Å². The van der Waals surface area contributed by atoms with Gasteiger partial charge >= 0.3 is 0 Å². The molecule has 0 aliphatic rings. The van der Waals surface area contributed by atoms with Gasteiger partial charge in [-0.25, -0.2) is 0 Å². The second-order valence-corrected chi connectivity index (χ2v) is 7.11. The number of benzene rings is 1. The van der Waals surface area contributed by atoms with E-state index < -0.39 is 0 Å². The van der Waals surface area contributed by atoms with Crippen LogP contribution >= 0.6 is 23.4 Å². The first-order valence-electron chi connectivity index (χ1n) is 6.58. The molecule has 0 atom stereocenters. The summed E-state index contributed by atoms with van der Waals surface area (Å²) in [5.41, 5.74) is 1.39. The summed E-state index contributed by atoms with van der Waals surface area (Å²) in [6.07, 6.45) is 2.48. The van der Waals surface area contributed by atoms with Gasteiger partial charge in [-0.05, 0) is 50.6 Å². The first-order valence-corrected chi connectivity index (χ1v) is 7.95. The molecule has 102 valence electrons. The summed E-state index contributed by atoms with van der Waals surface area (Å²) in [6, 6.07) is 6.38. The summed E-state index contributed by atoms with van der Waals surface area (Å²) in [4.78, 5) is 1.20. The predicted molar refractivity (Wildman–Crippen MR) is 83.7 cm³/mol. The van der Waals surface area contributed by atoms with E-state index >= 15 is 0 Å². The van der Waals surface area contributed by atoms with Gasteiger partial charge < -0.3 is 5.32 Å². The minimum Gasteiger partial charge on any atom is -0.308 e. The summed E-state index contributed by atoms with van der Waals surface area (Å²) in [5, 5.41) is 4.35. The molecule has 1 rings (SSSR count). The number of thioether (sulfide) groups is 1. The summed E-state index contributed by atoms with van der Waals surface area (Å²) >= 11 is 8.16. The van der Waals surface area contributed by atoms with Crippen LogP contribution in [0.1, 0.15) is 46.1 Å². The molecule has 0 saturated carbocycles. The largest absolute Gasteiger partial charge is 0.308 e. The third-order valence-corrected chi connectivity index (χ3v) is 4.16. The fourth-order valence-electron chi connectivity index (χ4n) is 1.47. The highest BCUT2D eigenvalue weighted by atomic mass is 35.5. The molecule has 0 spiro atoms. The minimum atomic E-state index is 0.140. The van der Waals surface area contributed by atoms with Crippen LogP contribution in [0.25, 0.3) is 0 Å². The Morgan fingerprint density at radius 1 is 1.28 bits per heavy atom. The van der Waals surface area contributed by atoms with Crippen LogP contribution in [0, 0.1) is 0 Å². The number of nitrogens with one attached hydrogen (secondary N) is 1. The first kappa shape index (κ1) is 15.9. The number of hydrogen-bond acceptors (Lipinski definition) is 2. The van der Waals surface area contributed by atoms with E-state index in [4.69, 9.17) is 11.6 Å². The van der Waals surface area contributed by atoms with Crippen LogP contribution in [0.4, 0.5) is 0 Å². The molecular weight excluding hydrogens is 262 g/mol. The summed E-state index contributed by atoms with van der Waals surface area (Å²) in [7, 11) is 0. The van der Waals surface area contributed by atoms with Gasteiger partial charge in [0, 0.05) is 17.0 Å². The van der Waals surface area contributed by atoms with Crippen molar-refractivity contribution in [1.82, 2.24) is 5.32 Å². The zero-order valence-electron chi connectivity index (χ0n) is 11.8. The normalized spacial score (nSPS) is 11.8. The molecule has 0 amide bonds. The van der Waals surface area contributed by atoms with E-state index in [-0.39, 0.29) is 5.54 Å². The van der Waals surface area contributed by atoms with Crippen molar-refractivity contribution in [1.29, 1.82) is 0 Å². The molecule has 0 heterocycles. The van der Waals surface area contributed by atoms with Crippen LogP contribution in [0.15, 0.2) is 23.1 Å². The Morgan fingerprint density at radius 3 is 2.56 bits per heavy atom. The molecule has 18 heavy (non-hydrogen) atoms. The molecule has 0 radical (unpaired) electrons. The Labute approximate surface area is 121 Å². The van der Waals surface area contributed by atoms with Crippen molar-refractivity contribution in [2.75, 3.05) is 5.75 Å². The van der Waals surface area contributed by atoms with Gasteiger partial charge in [-0.3, -0.25) is 0 Å². The van der Waals surface area contributed by atoms with Gasteiger partial charge in [0.1, 0.15) is 0 Å². The number of hydrogen-bond donors (Lipinski definition) is 1. The zero-order valence-corrected chi connectivity index (χ0v) is 13.4. The SMILES string of the molecule is CCCCSc1ccc(CNC(C)(C)C)cc1Cl. The Balaban J connectivity index is 2.56. The second-order valence-electron chi connectivity index (χ2n) is 5.57. The van der Waals surface area contributed by atoms with Crippen molar-refractivity contribution in [3.05, 3.63) is 28.8 Å². The molecular formula is C15H24ClNS. The van der Waals surface area contributed by atoms with Gasteiger partial charge in [-0.15, -0.1) is 11.8 Å². The highest BCUT2D eigenvalue weighted by molar-refractivity contribution is 7.99. The summed E-state index contributed by atoms with van der Waals surface area (Å²) < 4.78 is 0. The molecule has 0 saturated heterocycles. The monoisotopic (exact) mass is 285 g/mol. The van der Waals surface area contributed by atoms with E-state index in [2.05, 4.69) is 51.2 Å². The smallest absolute Gasteiger partial charge is 0.0545 e. The molecule has 0 unspecified atom stereocenters. The van der Waals surface area contributed by atoms with E-state index in [9.17, 15) is 0 Å². The highest BCUT2D eigenvalue weighted by Crippen LogP contribution is 2.28. The lowest BCUT2D eigenvalue weighted by Crippen LogP contribution is -2.35. The van der Waals surface area contributed by atoms with Crippen LogP contribution in [0.5, 0.6) is 0 Å². The maximum atomic E-state index is 6.31. The average molecular weight is 286 g/mol. The molecule has 0 fully saturated rings. The van der Waals surface area contributed by atoms with E-state index in [1.807, 2.05) is 11.8 Å². The van der Waals surface area contributed by atoms with Crippen molar-refractivity contribution < 1.29 is 0 Å². The summed E-state index contributed by atoms with van der Waals surface area (Å²) in [6.45, 7) is 9.59. The average Bonchev–Trinajstić information content (AvgIpc) is 2.28. The Bertz CT molecular complexity index is 371. The molecule has 3 heteroatoms. The van der Waals surface area contributed by atoms with Gasteiger partial charge in [-0.1, -0.05) is 31.0 Å². The van der Waals surface area contributed by atoms with E-state index in [1.165, 1.54) is 23.3 Å². The molecule has 0 aromatic heterocycles. The Hall–Kier alpha value is -0.180. The summed E-state index contributed by atoms with van der Waals surface area (Å²) in [5.74, 6) is 1.15. The fraction of sp³-hybridized carbons (Fsp3) is 0.600. The first-order chi connectivity index (χ1) is 8.42. The molecule has 1 aromatic rings. The molecule has 0 aliphatic heterocycles. The van der Waals surface area contributed by atoms with E-state index in [1.54, 1.807) is 0 Å². The van der Waals surface area contributed by atoms with Gasteiger partial charge in [-0.2, -0.15) is 0 Å². The van der Waals surface area contributed by atoms with Crippen LogP contribution in [-0.4, -0.2) is 11.3 Å². The third-order valence-electron chi connectivity index (χ3n) is 2.57. The van der Waals surface area contributed by atoms with Crippen molar-refractivity contribution in [2.24, 2.45) is 0 Å². The Morgan fingerprint density at radius 2 is 2.00 bits per heavy atom. The minimum absolute atomic E-state index is 0.140. The molecule has 0 bridgehead atoms. The van der Waals surface area contributed by atoms with Crippen LogP contribution in [0.3, 0.4) is 0 Å². The third kappa shape index (κ3) is 6.12. The predicted octanol–water partition coefficient (Wildman–Crippen LogP) is 5.12. The van der Waals surface area contributed by atoms with Gasteiger partial charge in [0.2, 0.25) is 0 Å². The molecule has 1 nitrogen and oxygen atoms in total. The van der Waals surface area contributed by atoms with Crippen LogP contribution in [0.2, 0.25) is 5.02 Å². The molecule has 1 N–H and O–H groups in total. The lowest BCUT2D eigenvalue weighted by atomic mass is 10.1. The fourth-order valence-corrected chi connectivity index (χ4v) is 2.85. The van der Waals surface area contributed by atoms with Gasteiger partial charge in [0.05, 0.1) is 5.02 Å². The van der Waals surface area contributed by atoms with E-state index in [0.717, 1.165) is 17.3 Å². The lowest BCUT2D eigenvalue weighted by Gasteiger charge is -2.20. The quantitative estimate of drug-likeness (QED) is 0.575. The number of halogens is 1. The van der Waals surface area contributed by atoms with Crippen molar-refractivity contribution in [3.63, 3.8) is 0 Å². The number of rotatable bonds is 6. The molecule has 1 aromatic carbocycles. The number of unbranched alkanes of at least 4 members (excludes halogenated alkanes) is 1. The van der Waals surface area contributed by atoms with Crippen LogP contribution in [-0.2, 0) is 6.54 Å². The topological polar surface area (TPSA) is 12.0 Å². The van der Waals surface area contributed by atoms with Crippen molar-refractivity contribution in [2.45, 2.75) is 57.5 Å². The van der Waals surface area contributed by atoms with Crippen molar-refractivity contribution >= 4 is 23.4 Å². The lowest BCUT2D eigenvalue weighted by molar-refractivity contribution is 0.424. The van der Waals surface area contributed by atoms with Crippen LogP contribution < -0.4 is 5.32 Å². The van der Waals surface area contributed by atoms with Gasteiger partial charge in [0.25, 0.3) is 0 Å². The molecule has 0 aliphatic carbocycles.